The summed E-state index contributed by atoms with van der Waals surface area (Å²) in [6.45, 7) is 3.11. The van der Waals surface area contributed by atoms with Gasteiger partial charge in [-0.15, -0.1) is 0 Å². The maximum atomic E-state index is 15.3. The van der Waals surface area contributed by atoms with E-state index in [1.165, 1.54) is 18.2 Å². The number of non-ortho nitro benzene ring substituents is 1. The number of hydrogen-bond acceptors (Lipinski definition) is 4. The van der Waals surface area contributed by atoms with Gasteiger partial charge in [-0.1, -0.05) is 36.4 Å². The van der Waals surface area contributed by atoms with E-state index in [0.717, 1.165) is 41.1 Å². The van der Waals surface area contributed by atoms with Gasteiger partial charge in [0, 0.05) is 46.9 Å². The predicted molar refractivity (Wildman–Crippen MR) is 153 cm³/mol. The fraction of sp³-hybridized carbons (Fsp3) is 0.188. The number of nitro groups is 1. The molecule has 9 heteroatoms. The Morgan fingerprint density at radius 1 is 1.05 bits per heavy atom. The van der Waals surface area contributed by atoms with Crippen LogP contribution in [0.4, 0.5) is 15.8 Å². The lowest BCUT2D eigenvalue weighted by molar-refractivity contribution is -0.850. The largest absolute Gasteiger partial charge is 0.366 e. The topological polar surface area (TPSA) is 120 Å². The quantitative estimate of drug-likeness (QED) is 0.217. The summed E-state index contributed by atoms with van der Waals surface area (Å²) in [4.78, 5) is 36.4. The number of amides is 2. The molecule has 0 aliphatic carbocycles. The van der Waals surface area contributed by atoms with Crippen LogP contribution in [0.15, 0.2) is 84.9 Å². The molecule has 208 valence electrons. The minimum Gasteiger partial charge on any atom is -0.366 e. The van der Waals surface area contributed by atoms with Crippen molar-refractivity contribution in [1.29, 1.82) is 0 Å². The monoisotopic (exact) mass is 553 g/mol. The highest BCUT2D eigenvalue weighted by Gasteiger charge is 2.25. The van der Waals surface area contributed by atoms with Crippen LogP contribution in [-0.2, 0) is 13.0 Å². The molecule has 0 radical (unpaired) electrons. The first kappa shape index (κ1) is 27.7. The zero-order valence-electron chi connectivity index (χ0n) is 22.5. The Bertz CT molecular complexity index is 1640. The average molecular weight is 554 g/mol. The van der Waals surface area contributed by atoms with Gasteiger partial charge in [0.25, 0.3) is 11.6 Å². The fourth-order valence-corrected chi connectivity index (χ4v) is 5.38. The van der Waals surface area contributed by atoms with Crippen molar-refractivity contribution in [2.45, 2.75) is 32.4 Å². The molecule has 2 atom stereocenters. The van der Waals surface area contributed by atoms with E-state index in [1.807, 2.05) is 25.1 Å². The van der Waals surface area contributed by atoms with E-state index in [-0.39, 0.29) is 23.5 Å². The molecular weight excluding hydrogens is 523 g/mol. The van der Waals surface area contributed by atoms with E-state index >= 15 is 4.39 Å². The number of hydrogen-bond donors (Lipinski definition) is 3. The molecule has 1 aliphatic rings. The Morgan fingerprint density at radius 2 is 1.80 bits per heavy atom. The fourth-order valence-electron chi connectivity index (χ4n) is 5.38. The molecule has 1 unspecified atom stereocenters. The lowest BCUT2D eigenvalue weighted by Crippen LogP contribution is -3.06. The Kier molecular flexibility index (Phi) is 7.89. The zero-order valence-corrected chi connectivity index (χ0v) is 22.5. The number of benzene rings is 4. The van der Waals surface area contributed by atoms with E-state index < -0.39 is 10.8 Å². The second-order valence-corrected chi connectivity index (χ2v) is 10.3. The number of quaternary nitrogens is 1. The van der Waals surface area contributed by atoms with Crippen molar-refractivity contribution >= 4 is 23.2 Å². The van der Waals surface area contributed by atoms with Gasteiger partial charge in [0.15, 0.2) is 0 Å². The van der Waals surface area contributed by atoms with Gasteiger partial charge in [0.2, 0.25) is 5.91 Å². The van der Waals surface area contributed by atoms with E-state index in [9.17, 15) is 19.7 Å². The number of nitrogens with one attached hydrogen (secondary N) is 2. The molecule has 41 heavy (non-hydrogen) atoms. The number of nitro benzene ring substituents is 1. The van der Waals surface area contributed by atoms with Gasteiger partial charge in [0.1, 0.15) is 18.0 Å². The number of halogens is 1. The lowest BCUT2D eigenvalue weighted by Gasteiger charge is -2.26. The van der Waals surface area contributed by atoms with Gasteiger partial charge in [-0.2, -0.15) is 0 Å². The number of carbonyl (C=O) groups excluding carboxylic acids is 2. The van der Waals surface area contributed by atoms with Gasteiger partial charge < -0.3 is 11.1 Å². The van der Waals surface area contributed by atoms with E-state index in [4.69, 9.17) is 5.73 Å². The van der Waals surface area contributed by atoms with Crippen LogP contribution >= 0.6 is 0 Å². The summed E-state index contributed by atoms with van der Waals surface area (Å²) in [5.41, 5.74) is 11.0. The van der Waals surface area contributed by atoms with Crippen molar-refractivity contribution in [1.82, 2.24) is 5.32 Å². The van der Waals surface area contributed by atoms with E-state index in [1.54, 1.807) is 48.5 Å². The molecule has 0 bridgehead atoms. The summed E-state index contributed by atoms with van der Waals surface area (Å²) in [6, 6.07) is 23.3. The first-order valence-electron chi connectivity index (χ1n) is 13.4. The first-order valence-corrected chi connectivity index (χ1v) is 13.4. The summed E-state index contributed by atoms with van der Waals surface area (Å²) in [5.74, 6) is -1.14. The van der Waals surface area contributed by atoms with Gasteiger partial charge in [-0.3, -0.25) is 24.6 Å². The van der Waals surface area contributed by atoms with Crippen LogP contribution in [0.2, 0.25) is 0 Å². The second kappa shape index (κ2) is 11.7. The number of nitrogens with two attached hydrogens (primary N) is 1. The Morgan fingerprint density at radius 3 is 2.51 bits per heavy atom. The molecule has 0 fully saturated rings. The highest BCUT2D eigenvalue weighted by atomic mass is 19.1. The zero-order chi connectivity index (χ0) is 29.1. The molecule has 1 aliphatic heterocycles. The summed E-state index contributed by atoms with van der Waals surface area (Å²) in [5, 5.41) is 13.9. The summed E-state index contributed by atoms with van der Waals surface area (Å²) < 4.78 is 15.3. The van der Waals surface area contributed by atoms with E-state index in [0.29, 0.717) is 34.4 Å². The molecule has 8 nitrogen and oxygen atoms in total. The van der Waals surface area contributed by atoms with Gasteiger partial charge in [-0.25, -0.2) is 4.39 Å². The average Bonchev–Trinajstić information content (AvgIpc) is 2.98. The standard InChI is InChI=1S/C32H29FN4O4/c1-20(21-10-13-26(14-11-21)37(40)41)35-32(39)24-12-15-30-23(17-24)5-4-16-36(30)19-25-9-8-22(18-29(25)33)27-6-2-3-7-28(27)31(34)38/h2-3,6-15,17-18,20H,4-5,16,19H2,1H3,(H2,34,38)(H,35,39)/p+1/t20-/m0/s1. The van der Waals surface area contributed by atoms with Gasteiger partial charge >= 0.3 is 0 Å². The smallest absolute Gasteiger partial charge is 0.269 e. The van der Waals surface area contributed by atoms with Crippen molar-refractivity contribution in [3.05, 3.63) is 129 Å². The minimum atomic E-state index is -0.562. The molecule has 5 rings (SSSR count). The molecule has 4 aromatic rings. The lowest BCUT2D eigenvalue weighted by atomic mass is 9.96. The maximum Gasteiger partial charge on any atom is 0.269 e. The molecule has 4 aromatic carbocycles. The van der Waals surface area contributed by atoms with Crippen LogP contribution in [0.1, 0.15) is 56.8 Å². The molecule has 2 amide bonds. The van der Waals surface area contributed by atoms with Gasteiger partial charge in [-0.05, 0) is 60.4 Å². The summed E-state index contributed by atoms with van der Waals surface area (Å²) >= 11 is 0. The number of carbonyl (C=O) groups is 2. The van der Waals surface area contributed by atoms with Crippen LogP contribution in [0.3, 0.4) is 0 Å². The minimum absolute atomic E-state index is 0.00161. The number of nitrogens with zero attached hydrogens (tertiary/aromatic N) is 1. The third-order valence-corrected chi connectivity index (χ3v) is 7.58. The second-order valence-electron chi connectivity index (χ2n) is 10.3. The van der Waals surface area contributed by atoms with Crippen molar-refractivity contribution < 1.29 is 23.8 Å². The number of aryl methyl sites for hydroxylation is 1. The molecule has 0 aromatic heterocycles. The number of primary amides is 1. The van der Waals surface area contributed by atoms with Crippen LogP contribution in [0.5, 0.6) is 0 Å². The summed E-state index contributed by atoms with van der Waals surface area (Å²) in [7, 11) is 0. The number of rotatable bonds is 8. The Balaban J connectivity index is 1.30. The SMILES string of the molecule is C[C@H](NC(=O)c1ccc2c(c1)CCC[NH+]2Cc1ccc(-c2ccccc2C(N)=O)cc1F)c1ccc([N+](=O)[O-])cc1. The van der Waals surface area contributed by atoms with Crippen LogP contribution < -0.4 is 16.0 Å². The third kappa shape index (κ3) is 6.00. The maximum absolute atomic E-state index is 15.3. The number of fused-ring (bicyclic) bond motifs is 1. The Hall–Kier alpha value is -4.89. The van der Waals surface area contributed by atoms with Crippen LogP contribution in [0.25, 0.3) is 11.1 Å². The Labute approximate surface area is 236 Å². The molecule has 0 spiro atoms. The summed E-state index contributed by atoms with van der Waals surface area (Å²) in [6.07, 6.45) is 1.72. The predicted octanol–water partition coefficient (Wildman–Crippen LogP) is 4.65. The van der Waals surface area contributed by atoms with Crippen molar-refractivity contribution in [2.24, 2.45) is 5.73 Å². The molecule has 0 saturated carbocycles. The van der Waals surface area contributed by atoms with E-state index in [2.05, 4.69) is 5.32 Å². The first-order chi connectivity index (χ1) is 19.7. The highest BCUT2D eigenvalue weighted by Crippen LogP contribution is 2.26. The highest BCUT2D eigenvalue weighted by molar-refractivity contribution is 5.99. The third-order valence-electron chi connectivity index (χ3n) is 7.58. The van der Waals surface area contributed by atoms with Crippen molar-refractivity contribution in [3.8, 4) is 11.1 Å². The van der Waals surface area contributed by atoms with Crippen molar-refractivity contribution in [3.63, 3.8) is 0 Å². The molecular formula is C32H30FN4O4+. The molecule has 4 N–H and O–H groups in total. The normalized spacial score (nSPS) is 15.0. The van der Waals surface area contributed by atoms with Crippen molar-refractivity contribution in [2.75, 3.05) is 6.54 Å². The molecule has 1 heterocycles. The van der Waals surface area contributed by atoms with Crippen LogP contribution in [0, 0.1) is 15.9 Å². The van der Waals surface area contributed by atoms with Crippen LogP contribution in [-0.4, -0.2) is 23.3 Å². The molecule has 0 saturated heterocycles. The van der Waals surface area contributed by atoms with Gasteiger partial charge in [0.05, 0.1) is 17.5 Å².